The molecule has 4 rings (SSSR count). The second kappa shape index (κ2) is 2.95. The van der Waals surface area contributed by atoms with Gasteiger partial charge in [0.05, 0.1) is 18.6 Å². The average molecular weight is 262 g/mol. The van der Waals surface area contributed by atoms with Gasteiger partial charge in [-0.3, -0.25) is 9.59 Å². The highest BCUT2D eigenvalue weighted by molar-refractivity contribution is 6.05. The lowest BCUT2D eigenvalue weighted by atomic mass is 9.71. The lowest BCUT2D eigenvalue weighted by molar-refractivity contribution is -0.144. The molecular formula is C15H18O4. The van der Waals surface area contributed by atoms with Crippen LogP contribution in [-0.4, -0.2) is 30.1 Å². The molecule has 4 heteroatoms. The summed E-state index contributed by atoms with van der Waals surface area (Å²) in [5, 5.41) is 9.79. The highest BCUT2D eigenvalue weighted by atomic mass is 16.5. The molecule has 1 N–H and O–H groups in total. The normalized spacial score (nSPS) is 45.7. The standard InChI is InChI=1S/C15H18O4/c1-13(2)3-8-4-14-6-15(14,7-19-12(14)18)9(5-16)10(8)11(13)17/h9,16H,3-7H2,1-2H3/t9-,14+,15-/m0/s1. The minimum absolute atomic E-state index is 0.0565. The van der Waals surface area contributed by atoms with Gasteiger partial charge in [0.25, 0.3) is 0 Å². The van der Waals surface area contributed by atoms with Crippen LogP contribution in [0.2, 0.25) is 0 Å². The van der Waals surface area contributed by atoms with Crippen molar-refractivity contribution in [3.63, 3.8) is 0 Å². The van der Waals surface area contributed by atoms with Crippen molar-refractivity contribution in [3.05, 3.63) is 11.1 Å². The molecule has 0 aromatic carbocycles. The molecule has 4 nitrogen and oxygen atoms in total. The third kappa shape index (κ3) is 1.04. The van der Waals surface area contributed by atoms with E-state index in [1.807, 2.05) is 13.8 Å². The summed E-state index contributed by atoms with van der Waals surface area (Å²) in [6.07, 6.45) is 2.18. The zero-order valence-corrected chi connectivity index (χ0v) is 11.3. The summed E-state index contributed by atoms with van der Waals surface area (Å²) < 4.78 is 5.24. The van der Waals surface area contributed by atoms with E-state index in [0.717, 1.165) is 24.0 Å². The Balaban J connectivity index is 1.85. The Morgan fingerprint density at radius 2 is 2.05 bits per heavy atom. The van der Waals surface area contributed by atoms with Crippen molar-refractivity contribution in [1.82, 2.24) is 0 Å². The Hall–Kier alpha value is -1.16. The maximum atomic E-state index is 12.6. The van der Waals surface area contributed by atoms with E-state index in [4.69, 9.17) is 4.74 Å². The van der Waals surface area contributed by atoms with Gasteiger partial charge in [0.1, 0.15) is 0 Å². The first-order valence-electron chi connectivity index (χ1n) is 6.93. The summed E-state index contributed by atoms with van der Waals surface area (Å²) in [7, 11) is 0. The van der Waals surface area contributed by atoms with Gasteiger partial charge >= 0.3 is 5.97 Å². The molecule has 0 radical (unpaired) electrons. The second-order valence-electron chi connectivity index (χ2n) is 7.31. The fourth-order valence-electron chi connectivity index (χ4n) is 4.86. The van der Waals surface area contributed by atoms with Gasteiger partial charge < -0.3 is 9.84 Å². The van der Waals surface area contributed by atoms with Gasteiger partial charge in [-0.25, -0.2) is 0 Å². The number of hydrogen-bond acceptors (Lipinski definition) is 4. The van der Waals surface area contributed by atoms with E-state index in [9.17, 15) is 14.7 Å². The fourth-order valence-corrected chi connectivity index (χ4v) is 4.86. The first-order valence-corrected chi connectivity index (χ1v) is 6.93. The number of carbonyl (C=O) groups excluding carboxylic acids is 2. The molecule has 3 atom stereocenters. The highest BCUT2D eigenvalue weighted by Crippen LogP contribution is 2.78. The quantitative estimate of drug-likeness (QED) is 0.722. The van der Waals surface area contributed by atoms with Crippen molar-refractivity contribution in [3.8, 4) is 0 Å². The minimum atomic E-state index is -0.417. The van der Waals surface area contributed by atoms with E-state index < -0.39 is 5.41 Å². The predicted molar refractivity (Wildman–Crippen MR) is 66.1 cm³/mol. The maximum Gasteiger partial charge on any atom is 0.313 e. The monoisotopic (exact) mass is 262 g/mol. The van der Waals surface area contributed by atoms with Crippen LogP contribution in [0.25, 0.3) is 0 Å². The number of hydrogen-bond donors (Lipinski definition) is 1. The average Bonchev–Trinajstić information content (AvgIpc) is 2.87. The number of ketones is 1. The topological polar surface area (TPSA) is 63.6 Å². The van der Waals surface area contributed by atoms with Crippen LogP contribution < -0.4 is 0 Å². The molecule has 0 amide bonds. The number of allylic oxidation sites excluding steroid dienone is 1. The van der Waals surface area contributed by atoms with E-state index in [1.54, 1.807) is 0 Å². The van der Waals surface area contributed by atoms with Crippen LogP contribution in [0, 0.1) is 22.2 Å². The van der Waals surface area contributed by atoms with Crippen molar-refractivity contribution in [2.24, 2.45) is 22.2 Å². The van der Waals surface area contributed by atoms with Crippen LogP contribution in [0.1, 0.15) is 33.1 Å². The van der Waals surface area contributed by atoms with Crippen LogP contribution in [0.15, 0.2) is 11.1 Å². The maximum absolute atomic E-state index is 12.6. The lowest BCUT2D eigenvalue weighted by Gasteiger charge is -2.30. The zero-order chi connectivity index (χ0) is 13.6. The summed E-state index contributed by atoms with van der Waals surface area (Å²) in [5.74, 6) is -0.151. The molecule has 0 spiro atoms. The molecule has 102 valence electrons. The molecule has 4 aliphatic rings. The molecule has 1 saturated carbocycles. The lowest BCUT2D eigenvalue weighted by Crippen LogP contribution is -2.35. The van der Waals surface area contributed by atoms with Gasteiger partial charge in [0.2, 0.25) is 0 Å². The number of aliphatic hydroxyl groups excluding tert-OH is 1. The highest BCUT2D eigenvalue weighted by Gasteiger charge is 2.82. The van der Waals surface area contributed by atoms with Crippen molar-refractivity contribution in [2.45, 2.75) is 33.1 Å². The molecule has 19 heavy (non-hydrogen) atoms. The van der Waals surface area contributed by atoms with Crippen LogP contribution in [0.4, 0.5) is 0 Å². The number of cyclic esters (lactones) is 1. The third-order valence-corrected chi connectivity index (χ3v) is 5.91. The Kier molecular flexibility index (Phi) is 1.81. The number of Topliss-reactive ketones (excluding diaryl/α,β-unsaturated/α-hetero) is 1. The van der Waals surface area contributed by atoms with Gasteiger partial charge in [0.15, 0.2) is 5.78 Å². The smallest absolute Gasteiger partial charge is 0.313 e. The minimum Gasteiger partial charge on any atom is -0.465 e. The Morgan fingerprint density at radius 3 is 2.74 bits per heavy atom. The van der Waals surface area contributed by atoms with E-state index >= 15 is 0 Å². The van der Waals surface area contributed by atoms with Crippen molar-refractivity contribution < 1.29 is 19.4 Å². The summed E-state index contributed by atoms with van der Waals surface area (Å²) >= 11 is 0. The Bertz CT molecular complexity index is 558. The number of carbonyl (C=O) groups is 2. The molecule has 2 fully saturated rings. The van der Waals surface area contributed by atoms with E-state index in [0.29, 0.717) is 13.0 Å². The molecule has 1 aliphatic heterocycles. The number of aliphatic hydroxyl groups is 1. The van der Waals surface area contributed by atoms with Crippen LogP contribution in [0.3, 0.4) is 0 Å². The first kappa shape index (κ1) is 11.6. The largest absolute Gasteiger partial charge is 0.465 e. The predicted octanol–water partition coefficient (Wildman–Crippen LogP) is 1.23. The van der Waals surface area contributed by atoms with E-state index in [-0.39, 0.29) is 35.1 Å². The molecule has 0 unspecified atom stereocenters. The molecular weight excluding hydrogens is 244 g/mol. The Morgan fingerprint density at radius 1 is 1.32 bits per heavy atom. The van der Waals surface area contributed by atoms with E-state index in [2.05, 4.69) is 0 Å². The van der Waals surface area contributed by atoms with Crippen molar-refractivity contribution in [2.75, 3.05) is 13.2 Å². The number of esters is 1. The van der Waals surface area contributed by atoms with Gasteiger partial charge in [-0.15, -0.1) is 0 Å². The third-order valence-electron chi connectivity index (χ3n) is 5.91. The Labute approximate surface area is 111 Å². The molecule has 0 bridgehead atoms. The van der Waals surface area contributed by atoms with E-state index in [1.165, 1.54) is 0 Å². The summed E-state index contributed by atoms with van der Waals surface area (Å²) in [4.78, 5) is 24.6. The van der Waals surface area contributed by atoms with Crippen LogP contribution in [-0.2, 0) is 14.3 Å². The molecule has 0 aromatic heterocycles. The molecule has 3 aliphatic carbocycles. The number of ether oxygens (including phenoxy) is 1. The summed E-state index contributed by atoms with van der Waals surface area (Å²) in [6, 6.07) is 0. The van der Waals surface area contributed by atoms with Gasteiger partial charge in [0, 0.05) is 22.3 Å². The molecule has 0 aromatic rings. The molecule has 1 saturated heterocycles. The van der Waals surface area contributed by atoms with Gasteiger partial charge in [-0.2, -0.15) is 0 Å². The SMILES string of the molecule is CC1(C)CC2=C(C1=O)[C@H](CO)[C@]13COC(=O)[C@@]1(C2)C3. The fraction of sp³-hybridized carbons (Fsp3) is 0.733. The van der Waals surface area contributed by atoms with Crippen molar-refractivity contribution >= 4 is 11.8 Å². The van der Waals surface area contributed by atoms with Crippen LogP contribution >= 0.6 is 0 Å². The first-order chi connectivity index (χ1) is 8.88. The van der Waals surface area contributed by atoms with Gasteiger partial charge in [-0.05, 0) is 19.3 Å². The summed E-state index contributed by atoms with van der Waals surface area (Å²) in [5.41, 5.74) is 0.841. The van der Waals surface area contributed by atoms with Crippen molar-refractivity contribution in [1.29, 1.82) is 0 Å². The summed E-state index contributed by atoms with van der Waals surface area (Å²) in [6.45, 7) is 4.23. The second-order valence-corrected chi connectivity index (χ2v) is 7.31. The number of rotatable bonds is 1. The van der Waals surface area contributed by atoms with Gasteiger partial charge in [-0.1, -0.05) is 19.4 Å². The molecule has 1 heterocycles. The zero-order valence-electron chi connectivity index (χ0n) is 11.3. The van der Waals surface area contributed by atoms with Crippen LogP contribution in [0.5, 0.6) is 0 Å².